The molecule has 6 heteroatoms. The summed E-state index contributed by atoms with van der Waals surface area (Å²) >= 11 is 0. The Bertz CT molecular complexity index is 633. The molecule has 0 saturated carbocycles. The van der Waals surface area contributed by atoms with Crippen molar-refractivity contribution in [1.29, 1.82) is 0 Å². The van der Waals surface area contributed by atoms with Crippen LogP contribution < -0.4 is 4.74 Å². The number of benzene rings is 1. The zero-order valence-electron chi connectivity index (χ0n) is 14.7. The fourth-order valence-electron chi connectivity index (χ4n) is 3.06. The third kappa shape index (κ3) is 4.13. The van der Waals surface area contributed by atoms with Crippen LogP contribution in [0, 0.1) is 6.92 Å². The summed E-state index contributed by atoms with van der Waals surface area (Å²) in [6, 6.07) is 8.59. The van der Waals surface area contributed by atoms with Crippen LogP contribution in [0.3, 0.4) is 0 Å². The van der Waals surface area contributed by atoms with Crippen molar-refractivity contribution in [2.45, 2.75) is 33.4 Å². The van der Waals surface area contributed by atoms with E-state index in [-0.39, 0.29) is 6.04 Å². The predicted octanol–water partition coefficient (Wildman–Crippen LogP) is 2.66. The lowest BCUT2D eigenvalue weighted by molar-refractivity contribution is 0.0845. The summed E-state index contributed by atoms with van der Waals surface area (Å²) < 4.78 is 10.8. The average molecular weight is 330 g/mol. The normalized spacial score (nSPS) is 17.8. The van der Waals surface area contributed by atoms with Gasteiger partial charge in [0.25, 0.3) is 0 Å². The first kappa shape index (κ1) is 16.9. The van der Waals surface area contributed by atoms with Crippen LogP contribution in [0.1, 0.15) is 37.2 Å². The molecule has 1 aliphatic rings. The number of aromatic nitrogens is 2. The lowest BCUT2D eigenvalue weighted by Gasteiger charge is -2.36. The molecule has 0 aliphatic carbocycles. The molecule has 1 aromatic heterocycles. The smallest absolute Gasteiger partial charge is 0.243 e. The molecule has 2 heterocycles. The molecule has 0 bridgehead atoms. The van der Waals surface area contributed by atoms with Gasteiger partial charge < -0.3 is 9.26 Å². The van der Waals surface area contributed by atoms with Crippen LogP contribution in [0.5, 0.6) is 5.75 Å². The molecule has 2 aromatic rings. The largest absolute Gasteiger partial charge is 0.494 e. The topological polar surface area (TPSA) is 54.6 Å². The summed E-state index contributed by atoms with van der Waals surface area (Å²) in [4.78, 5) is 9.24. The summed E-state index contributed by atoms with van der Waals surface area (Å²) in [5, 5.41) is 3.89. The fourth-order valence-corrected chi connectivity index (χ4v) is 3.06. The first-order chi connectivity index (χ1) is 11.7. The molecule has 6 nitrogen and oxygen atoms in total. The van der Waals surface area contributed by atoms with E-state index in [9.17, 15) is 0 Å². The highest BCUT2D eigenvalue weighted by Crippen LogP contribution is 2.21. The molecule has 0 N–H and O–H groups in total. The van der Waals surface area contributed by atoms with Crippen molar-refractivity contribution in [2.75, 3.05) is 32.8 Å². The van der Waals surface area contributed by atoms with Crippen LogP contribution in [0.4, 0.5) is 0 Å². The molecule has 0 radical (unpaired) electrons. The van der Waals surface area contributed by atoms with Crippen molar-refractivity contribution in [2.24, 2.45) is 0 Å². The van der Waals surface area contributed by atoms with Crippen LogP contribution >= 0.6 is 0 Å². The van der Waals surface area contributed by atoms with Crippen LogP contribution in [0.15, 0.2) is 28.8 Å². The van der Waals surface area contributed by atoms with E-state index in [0.29, 0.717) is 18.3 Å². The molecular weight excluding hydrogens is 304 g/mol. The van der Waals surface area contributed by atoms with Gasteiger partial charge in [-0.1, -0.05) is 17.3 Å². The minimum atomic E-state index is 0.179. The zero-order chi connectivity index (χ0) is 16.9. The number of aryl methyl sites for hydroxylation is 1. The van der Waals surface area contributed by atoms with E-state index in [2.05, 4.69) is 51.1 Å². The van der Waals surface area contributed by atoms with Gasteiger partial charge in [0.05, 0.1) is 12.6 Å². The van der Waals surface area contributed by atoms with E-state index >= 15 is 0 Å². The summed E-state index contributed by atoms with van der Waals surface area (Å²) in [6.07, 6.45) is 0. The first-order valence-electron chi connectivity index (χ1n) is 8.64. The molecule has 130 valence electrons. The number of rotatable bonds is 6. The summed E-state index contributed by atoms with van der Waals surface area (Å²) in [5.41, 5.74) is 1.33. The molecule has 1 saturated heterocycles. The number of nitrogens with zero attached hydrogens (tertiary/aromatic N) is 4. The fraction of sp³-hybridized carbons (Fsp3) is 0.556. The van der Waals surface area contributed by atoms with Gasteiger partial charge in [0, 0.05) is 32.7 Å². The molecule has 1 aliphatic heterocycles. The molecule has 3 rings (SSSR count). The van der Waals surface area contributed by atoms with Gasteiger partial charge in [-0.2, -0.15) is 4.98 Å². The third-order valence-corrected chi connectivity index (χ3v) is 4.50. The Balaban J connectivity index is 1.49. The predicted molar refractivity (Wildman–Crippen MR) is 91.9 cm³/mol. The van der Waals surface area contributed by atoms with Gasteiger partial charge in [0.15, 0.2) is 5.82 Å². The third-order valence-electron chi connectivity index (χ3n) is 4.50. The van der Waals surface area contributed by atoms with Gasteiger partial charge in [-0.3, -0.25) is 9.80 Å². The van der Waals surface area contributed by atoms with Crippen LogP contribution in [-0.4, -0.2) is 52.7 Å². The van der Waals surface area contributed by atoms with Crippen LogP contribution in [0.25, 0.3) is 0 Å². The monoisotopic (exact) mass is 330 g/mol. The maximum atomic E-state index is 5.49. The van der Waals surface area contributed by atoms with Gasteiger partial charge in [-0.15, -0.1) is 0 Å². The minimum absolute atomic E-state index is 0.179. The molecule has 1 fully saturated rings. The molecule has 0 unspecified atom stereocenters. The SMILES string of the molecule is CCOc1ccc(CN2CCN([C@H](C)c3nc(C)no3)CC2)cc1. The highest BCUT2D eigenvalue weighted by atomic mass is 16.5. The minimum Gasteiger partial charge on any atom is -0.494 e. The van der Waals surface area contributed by atoms with Crippen molar-refractivity contribution >= 4 is 0 Å². The summed E-state index contributed by atoms with van der Waals surface area (Å²) in [7, 11) is 0. The summed E-state index contributed by atoms with van der Waals surface area (Å²) in [5.74, 6) is 2.35. The van der Waals surface area contributed by atoms with Crippen LogP contribution in [-0.2, 0) is 6.54 Å². The van der Waals surface area contributed by atoms with Crippen molar-refractivity contribution in [3.63, 3.8) is 0 Å². The van der Waals surface area contributed by atoms with E-state index in [1.165, 1.54) is 5.56 Å². The number of hydrogen-bond acceptors (Lipinski definition) is 6. The van der Waals surface area contributed by atoms with Gasteiger partial charge in [-0.05, 0) is 38.5 Å². The second-order valence-electron chi connectivity index (χ2n) is 6.24. The van der Waals surface area contributed by atoms with E-state index in [0.717, 1.165) is 38.5 Å². The Kier molecular flexibility index (Phi) is 5.48. The van der Waals surface area contributed by atoms with Gasteiger partial charge in [0.2, 0.25) is 5.89 Å². The van der Waals surface area contributed by atoms with Gasteiger partial charge >= 0.3 is 0 Å². The maximum absolute atomic E-state index is 5.49. The molecule has 1 atom stereocenters. The Morgan fingerprint density at radius 1 is 1.17 bits per heavy atom. The van der Waals surface area contributed by atoms with Gasteiger partial charge in [-0.25, -0.2) is 0 Å². The molecule has 1 aromatic carbocycles. The Hall–Kier alpha value is -1.92. The van der Waals surface area contributed by atoms with Crippen LogP contribution in [0.2, 0.25) is 0 Å². The van der Waals surface area contributed by atoms with Crippen molar-refractivity contribution < 1.29 is 9.26 Å². The number of ether oxygens (including phenoxy) is 1. The number of hydrogen-bond donors (Lipinski definition) is 0. The highest BCUT2D eigenvalue weighted by molar-refractivity contribution is 5.27. The molecule has 0 amide bonds. The first-order valence-corrected chi connectivity index (χ1v) is 8.64. The zero-order valence-corrected chi connectivity index (χ0v) is 14.7. The average Bonchev–Trinajstić information content (AvgIpc) is 3.03. The van der Waals surface area contributed by atoms with E-state index in [1.807, 2.05) is 13.8 Å². The second kappa shape index (κ2) is 7.77. The second-order valence-corrected chi connectivity index (χ2v) is 6.24. The Morgan fingerprint density at radius 2 is 1.88 bits per heavy atom. The van der Waals surface area contributed by atoms with E-state index < -0.39 is 0 Å². The quantitative estimate of drug-likeness (QED) is 0.812. The summed E-state index contributed by atoms with van der Waals surface area (Å²) in [6.45, 7) is 11.8. The van der Waals surface area contributed by atoms with E-state index in [1.54, 1.807) is 0 Å². The number of piperazine rings is 1. The van der Waals surface area contributed by atoms with E-state index in [4.69, 9.17) is 9.26 Å². The molecular formula is C18H26N4O2. The molecule has 24 heavy (non-hydrogen) atoms. The van der Waals surface area contributed by atoms with Crippen molar-refractivity contribution in [3.05, 3.63) is 41.5 Å². The maximum Gasteiger partial charge on any atom is 0.243 e. The lowest BCUT2D eigenvalue weighted by atomic mass is 10.1. The lowest BCUT2D eigenvalue weighted by Crippen LogP contribution is -2.46. The van der Waals surface area contributed by atoms with Crippen molar-refractivity contribution in [1.82, 2.24) is 19.9 Å². The molecule has 0 spiro atoms. The van der Waals surface area contributed by atoms with Crippen molar-refractivity contribution in [3.8, 4) is 5.75 Å². The standard InChI is InChI=1S/C18H26N4O2/c1-4-23-17-7-5-16(6-8-17)13-21-9-11-22(12-10-21)14(2)18-19-15(3)20-24-18/h5-8,14H,4,9-13H2,1-3H3/t14-/m1/s1. The van der Waals surface area contributed by atoms with Gasteiger partial charge in [0.1, 0.15) is 5.75 Å². The highest BCUT2D eigenvalue weighted by Gasteiger charge is 2.25. The Labute approximate surface area is 143 Å². The Morgan fingerprint density at radius 3 is 2.46 bits per heavy atom.